The molecular formula is C13H14I3NO3. The SMILES string of the molecule is CCCC(C(=O)O)c1c(I)cc(I)c(NC(C)=O)c1I. The molecule has 0 spiro atoms. The second kappa shape index (κ2) is 8.11. The Kier molecular flexibility index (Phi) is 7.46. The average molecular weight is 613 g/mol. The summed E-state index contributed by atoms with van der Waals surface area (Å²) < 4.78 is 2.65. The number of anilines is 1. The third-order valence-corrected chi connectivity index (χ3v) is 5.59. The molecule has 0 fully saturated rings. The van der Waals surface area contributed by atoms with E-state index >= 15 is 0 Å². The van der Waals surface area contributed by atoms with Crippen LogP contribution >= 0.6 is 67.8 Å². The van der Waals surface area contributed by atoms with Gasteiger partial charge in [0.2, 0.25) is 5.91 Å². The van der Waals surface area contributed by atoms with Crippen molar-refractivity contribution in [2.75, 3.05) is 5.32 Å². The molecule has 0 aromatic heterocycles. The van der Waals surface area contributed by atoms with Crippen molar-refractivity contribution in [3.63, 3.8) is 0 Å². The molecule has 7 heteroatoms. The van der Waals surface area contributed by atoms with Crippen molar-refractivity contribution < 1.29 is 14.7 Å². The van der Waals surface area contributed by atoms with E-state index in [9.17, 15) is 14.7 Å². The number of aliphatic carboxylic acids is 1. The minimum atomic E-state index is -0.822. The van der Waals surface area contributed by atoms with E-state index in [0.29, 0.717) is 12.1 Å². The van der Waals surface area contributed by atoms with Crippen LogP contribution in [-0.4, -0.2) is 17.0 Å². The van der Waals surface area contributed by atoms with Crippen LogP contribution in [0.3, 0.4) is 0 Å². The normalized spacial score (nSPS) is 12.1. The Morgan fingerprint density at radius 2 is 1.90 bits per heavy atom. The van der Waals surface area contributed by atoms with E-state index in [4.69, 9.17) is 0 Å². The zero-order chi connectivity index (χ0) is 15.4. The Morgan fingerprint density at radius 3 is 2.35 bits per heavy atom. The molecule has 1 amide bonds. The predicted octanol–water partition coefficient (Wildman–Crippen LogP) is 4.43. The summed E-state index contributed by atoms with van der Waals surface area (Å²) >= 11 is 6.44. The van der Waals surface area contributed by atoms with Crippen LogP contribution in [0, 0.1) is 10.7 Å². The first-order valence-corrected chi connectivity index (χ1v) is 9.21. The van der Waals surface area contributed by atoms with Crippen LogP contribution in [0.5, 0.6) is 0 Å². The number of carboxylic acid groups (broad SMARTS) is 1. The zero-order valence-electron chi connectivity index (χ0n) is 11.0. The van der Waals surface area contributed by atoms with E-state index in [1.54, 1.807) is 0 Å². The maximum absolute atomic E-state index is 11.5. The van der Waals surface area contributed by atoms with Crippen LogP contribution in [0.2, 0.25) is 0 Å². The molecule has 0 aliphatic carbocycles. The molecular weight excluding hydrogens is 599 g/mol. The van der Waals surface area contributed by atoms with E-state index in [1.807, 2.05) is 13.0 Å². The standard InChI is InChI=1S/C13H14I3NO3/c1-3-4-7(13(19)20)10-8(14)5-9(15)12(11(10)16)17-6(2)18/h5,7H,3-4H2,1-2H3,(H,17,18)(H,19,20). The molecule has 110 valence electrons. The number of rotatable bonds is 5. The molecule has 0 heterocycles. The first-order valence-electron chi connectivity index (χ1n) is 5.97. The van der Waals surface area contributed by atoms with Gasteiger partial charge in [0.25, 0.3) is 0 Å². The number of halogens is 3. The van der Waals surface area contributed by atoms with Crippen molar-refractivity contribution in [1.82, 2.24) is 0 Å². The molecule has 0 saturated carbocycles. The third-order valence-electron chi connectivity index (χ3n) is 2.73. The lowest BCUT2D eigenvalue weighted by Crippen LogP contribution is -2.17. The van der Waals surface area contributed by atoms with Crippen LogP contribution in [0.15, 0.2) is 6.07 Å². The number of carboxylic acids is 1. The van der Waals surface area contributed by atoms with Crippen LogP contribution in [0.1, 0.15) is 38.2 Å². The molecule has 2 N–H and O–H groups in total. The van der Waals surface area contributed by atoms with Crippen molar-refractivity contribution in [2.45, 2.75) is 32.6 Å². The molecule has 1 aromatic rings. The second-order valence-electron chi connectivity index (χ2n) is 4.30. The highest BCUT2D eigenvalue weighted by Crippen LogP contribution is 2.37. The Balaban J connectivity index is 3.45. The Hall–Kier alpha value is 0.350. The number of hydrogen-bond donors (Lipinski definition) is 2. The van der Waals surface area contributed by atoms with Crippen molar-refractivity contribution in [2.24, 2.45) is 0 Å². The van der Waals surface area contributed by atoms with Gasteiger partial charge in [-0.05, 0) is 85.8 Å². The Labute approximate surface area is 158 Å². The van der Waals surface area contributed by atoms with Gasteiger partial charge in [0, 0.05) is 17.6 Å². The summed E-state index contributed by atoms with van der Waals surface area (Å²) in [7, 11) is 0. The van der Waals surface area contributed by atoms with Crippen LogP contribution < -0.4 is 5.32 Å². The Morgan fingerprint density at radius 1 is 1.30 bits per heavy atom. The summed E-state index contributed by atoms with van der Waals surface area (Å²) in [6.07, 6.45) is 1.38. The fraction of sp³-hybridized carbons (Fsp3) is 0.385. The van der Waals surface area contributed by atoms with Gasteiger partial charge in [-0.2, -0.15) is 0 Å². The molecule has 20 heavy (non-hydrogen) atoms. The van der Waals surface area contributed by atoms with Crippen molar-refractivity contribution in [3.8, 4) is 0 Å². The molecule has 1 rings (SSSR count). The molecule has 1 unspecified atom stereocenters. The van der Waals surface area contributed by atoms with Crippen molar-refractivity contribution in [1.29, 1.82) is 0 Å². The first kappa shape index (κ1) is 18.4. The van der Waals surface area contributed by atoms with Crippen LogP contribution in [0.25, 0.3) is 0 Å². The molecule has 0 saturated heterocycles. The number of benzene rings is 1. The van der Waals surface area contributed by atoms with E-state index in [1.165, 1.54) is 6.92 Å². The minimum Gasteiger partial charge on any atom is -0.481 e. The molecule has 1 aromatic carbocycles. The van der Waals surface area contributed by atoms with E-state index in [2.05, 4.69) is 73.1 Å². The van der Waals surface area contributed by atoms with Crippen molar-refractivity contribution in [3.05, 3.63) is 22.3 Å². The maximum Gasteiger partial charge on any atom is 0.311 e. The number of hydrogen-bond acceptors (Lipinski definition) is 2. The summed E-state index contributed by atoms with van der Waals surface area (Å²) in [6, 6.07) is 1.91. The third kappa shape index (κ3) is 4.42. The van der Waals surface area contributed by atoms with Gasteiger partial charge in [0.15, 0.2) is 0 Å². The van der Waals surface area contributed by atoms with Crippen LogP contribution in [-0.2, 0) is 9.59 Å². The van der Waals surface area contributed by atoms with Gasteiger partial charge in [-0.1, -0.05) is 13.3 Å². The monoisotopic (exact) mass is 613 g/mol. The summed E-state index contributed by atoms with van der Waals surface area (Å²) in [6.45, 7) is 3.42. The quantitative estimate of drug-likeness (QED) is 0.484. The molecule has 0 aliphatic heterocycles. The number of amides is 1. The lowest BCUT2D eigenvalue weighted by Gasteiger charge is -2.19. The molecule has 0 aliphatic rings. The van der Waals surface area contributed by atoms with Gasteiger partial charge in [-0.15, -0.1) is 0 Å². The minimum absolute atomic E-state index is 0.157. The lowest BCUT2D eigenvalue weighted by molar-refractivity contribution is -0.139. The van der Waals surface area contributed by atoms with Gasteiger partial charge >= 0.3 is 5.97 Å². The first-order chi connectivity index (χ1) is 9.29. The second-order valence-corrected chi connectivity index (χ2v) is 7.71. The summed E-state index contributed by atoms with van der Waals surface area (Å²) in [5.74, 6) is -1.52. The summed E-state index contributed by atoms with van der Waals surface area (Å²) in [4.78, 5) is 22.8. The van der Waals surface area contributed by atoms with Crippen molar-refractivity contribution >= 4 is 85.3 Å². The highest BCUT2D eigenvalue weighted by molar-refractivity contribution is 14.1. The zero-order valence-corrected chi connectivity index (χ0v) is 17.4. The van der Waals surface area contributed by atoms with Gasteiger partial charge in [0.1, 0.15) is 0 Å². The summed E-state index contributed by atoms with van der Waals surface area (Å²) in [5, 5.41) is 12.2. The largest absolute Gasteiger partial charge is 0.481 e. The van der Waals surface area contributed by atoms with Gasteiger partial charge in [-0.25, -0.2) is 0 Å². The summed E-state index contributed by atoms with van der Waals surface area (Å²) in [5.41, 5.74) is 1.50. The maximum atomic E-state index is 11.5. The Bertz CT molecular complexity index is 546. The fourth-order valence-electron chi connectivity index (χ4n) is 1.90. The van der Waals surface area contributed by atoms with Gasteiger partial charge < -0.3 is 10.4 Å². The smallest absolute Gasteiger partial charge is 0.311 e. The molecule has 0 bridgehead atoms. The fourth-order valence-corrected chi connectivity index (χ4v) is 6.29. The van der Waals surface area contributed by atoms with E-state index in [-0.39, 0.29) is 5.91 Å². The predicted molar refractivity (Wildman–Crippen MR) is 104 cm³/mol. The highest BCUT2D eigenvalue weighted by Gasteiger charge is 2.26. The number of carbonyl (C=O) groups is 2. The molecule has 4 nitrogen and oxygen atoms in total. The molecule has 0 radical (unpaired) electrons. The van der Waals surface area contributed by atoms with E-state index < -0.39 is 11.9 Å². The van der Waals surface area contributed by atoms with Gasteiger partial charge in [0.05, 0.1) is 11.6 Å². The molecule has 1 atom stereocenters. The van der Waals surface area contributed by atoms with Gasteiger partial charge in [-0.3, -0.25) is 9.59 Å². The highest BCUT2D eigenvalue weighted by atomic mass is 127. The number of nitrogens with one attached hydrogen (secondary N) is 1. The topological polar surface area (TPSA) is 66.4 Å². The number of carbonyl (C=O) groups excluding carboxylic acids is 1. The lowest BCUT2D eigenvalue weighted by atomic mass is 9.94. The van der Waals surface area contributed by atoms with Crippen LogP contribution in [0.4, 0.5) is 5.69 Å². The van der Waals surface area contributed by atoms with E-state index in [0.717, 1.165) is 22.7 Å². The average Bonchev–Trinajstić information content (AvgIpc) is 2.32.